The van der Waals surface area contributed by atoms with Crippen molar-refractivity contribution < 1.29 is 4.79 Å². The minimum atomic E-state index is -0.144. The number of rotatable bonds is 4. The van der Waals surface area contributed by atoms with Gasteiger partial charge < -0.3 is 5.32 Å². The van der Waals surface area contributed by atoms with E-state index in [0.29, 0.717) is 16.3 Å². The molecular formula is C20H16ClN3OS2. The van der Waals surface area contributed by atoms with Crippen LogP contribution in [0.3, 0.4) is 0 Å². The van der Waals surface area contributed by atoms with Crippen LogP contribution >= 0.6 is 34.3 Å². The van der Waals surface area contributed by atoms with Crippen LogP contribution in [0.1, 0.15) is 26.9 Å². The Morgan fingerprint density at radius 1 is 1.30 bits per heavy atom. The molecule has 3 aromatic rings. The van der Waals surface area contributed by atoms with Gasteiger partial charge in [-0.1, -0.05) is 17.7 Å². The van der Waals surface area contributed by atoms with Crippen LogP contribution in [0.15, 0.2) is 47.2 Å². The Labute approximate surface area is 170 Å². The van der Waals surface area contributed by atoms with Gasteiger partial charge in [-0.3, -0.25) is 9.69 Å². The van der Waals surface area contributed by atoms with Gasteiger partial charge in [0.15, 0.2) is 0 Å². The molecule has 4 rings (SSSR count). The van der Waals surface area contributed by atoms with Gasteiger partial charge in [-0.15, -0.1) is 22.7 Å². The topological polar surface area (TPSA) is 56.1 Å². The fourth-order valence-corrected chi connectivity index (χ4v) is 5.36. The Balaban J connectivity index is 1.56. The van der Waals surface area contributed by atoms with E-state index in [2.05, 4.69) is 39.2 Å². The molecule has 4 nitrogen and oxygen atoms in total. The maximum Gasteiger partial charge on any atom is 0.238 e. The number of carbonyl (C=O) groups excluding carboxylic acids is 1. The zero-order valence-corrected chi connectivity index (χ0v) is 16.7. The summed E-state index contributed by atoms with van der Waals surface area (Å²) in [6.45, 7) is 1.08. The quantitative estimate of drug-likeness (QED) is 0.660. The summed E-state index contributed by atoms with van der Waals surface area (Å²) in [4.78, 5) is 17.6. The SMILES string of the molecule is N#Cc1ccc(Cl)cc1NC(=O)CN1CCc2sccc2C1c1cccs1. The molecule has 0 spiro atoms. The first-order valence-corrected chi connectivity index (χ1v) is 10.6. The molecule has 1 N–H and O–H groups in total. The highest BCUT2D eigenvalue weighted by atomic mass is 35.5. The van der Waals surface area contributed by atoms with Gasteiger partial charge in [0.25, 0.3) is 0 Å². The number of fused-ring (bicyclic) bond motifs is 1. The lowest BCUT2D eigenvalue weighted by Crippen LogP contribution is -2.40. The van der Waals surface area contributed by atoms with Gasteiger partial charge in [-0.25, -0.2) is 0 Å². The number of nitriles is 1. The van der Waals surface area contributed by atoms with Gasteiger partial charge in [0.05, 0.1) is 23.8 Å². The molecule has 0 aliphatic carbocycles. The van der Waals surface area contributed by atoms with E-state index in [1.807, 2.05) is 6.07 Å². The van der Waals surface area contributed by atoms with Gasteiger partial charge >= 0.3 is 0 Å². The normalized spacial score (nSPS) is 16.5. The number of carbonyl (C=O) groups is 1. The Hall–Kier alpha value is -2.17. The minimum Gasteiger partial charge on any atom is -0.324 e. The number of hydrogen-bond donors (Lipinski definition) is 1. The highest BCUT2D eigenvalue weighted by Crippen LogP contribution is 2.39. The summed E-state index contributed by atoms with van der Waals surface area (Å²) < 4.78 is 0. The third-order valence-electron chi connectivity index (χ3n) is 4.60. The molecule has 0 radical (unpaired) electrons. The molecule has 1 unspecified atom stereocenters. The molecule has 0 saturated carbocycles. The van der Waals surface area contributed by atoms with Gasteiger partial charge in [-0.2, -0.15) is 5.26 Å². The Morgan fingerprint density at radius 2 is 2.19 bits per heavy atom. The van der Waals surface area contributed by atoms with E-state index in [-0.39, 0.29) is 18.5 Å². The lowest BCUT2D eigenvalue weighted by Gasteiger charge is -2.34. The molecule has 0 fully saturated rings. The van der Waals surface area contributed by atoms with Gasteiger partial charge in [-0.05, 0) is 53.1 Å². The third-order valence-corrected chi connectivity index (χ3v) is 6.76. The second kappa shape index (κ2) is 7.83. The highest BCUT2D eigenvalue weighted by molar-refractivity contribution is 7.10. The molecule has 3 heterocycles. The van der Waals surface area contributed by atoms with Crippen molar-refractivity contribution >= 4 is 45.9 Å². The molecule has 1 aliphatic rings. The third kappa shape index (κ3) is 3.78. The van der Waals surface area contributed by atoms with E-state index in [9.17, 15) is 10.1 Å². The molecule has 1 aromatic carbocycles. The Morgan fingerprint density at radius 3 is 2.96 bits per heavy atom. The van der Waals surface area contributed by atoms with E-state index in [1.54, 1.807) is 40.9 Å². The summed E-state index contributed by atoms with van der Waals surface area (Å²) >= 11 is 9.51. The molecule has 1 atom stereocenters. The van der Waals surface area contributed by atoms with Crippen molar-refractivity contribution in [3.63, 3.8) is 0 Å². The summed E-state index contributed by atoms with van der Waals surface area (Å²) in [5.74, 6) is -0.144. The van der Waals surface area contributed by atoms with Crippen LogP contribution in [-0.4, -0.2) is 23.9 Å². The van der Waals surface area contributed by atoms with Crippen LogP contribution in [-0.2, 0) is 11.2 Å². The largest absolute Gasteiger partial charge is 0.324 e. The molecule has 27 heavy (non-hydrogen) atoms. The number of anilines is 1. The maximum atomic E-state index is 12.7. The summed E-state index contributed by atoms with van der Waals surface area (Å²) in [7, 11) is 0. The Bertz CT molecular complexity index is 1010. The van der Waals surface area contributed by atoms with Crippen LogP contribution < -0.4 is 5.32 Å². The van der Waals surface area contributed by atoms with Crippen LogP contribution in [0.4, 0.5) is 5.69 Å². The summed E-state index contributed by atoms with van der Waals surface area (Å²) in [5.41, 5.74) is 2.15. The van der Waals surface area contributed by atoms with Gasteiger partial charge in [0.1, 0.15) is 6.07 Å². The number of hydrogen-bond acceptors (Lipinski definition) is 5. The van der Waals surface area contributed by atoms with E-state index in [1.165, 1.54) is 15.3 Å². The first-order chi connectivity index (χ1) is 13.2. The smallest absolute Gasteiger partial charge is 0.238 e. The summed E-state index contributed by atoms with van der Waals surface area (Å²) in [6.07, 6.45) is 0.947. The molecule has 0 saturated heterocycles. The van der Waals surface area contributed by atoms with Crippen LogP contribution in [0.5, 0.6) is 0 Å². The number of amides is 1. The fourth-order valence-electron chi connectivity index (χ4n) is 3.41. The average Bonchev–Trinajstić information content (AvgIpc) is 3.33. The van der Waals surface area contributed by atoms with Crippen molar-refractivity contribution in [3.8, 4) is 6.07 Å². The number of benzene rings is 1. The molecule has 7 heteroatoms. The molecule has 1 amide bonds. The van der Waals surface area contributed by atoms with Crippen molar-refractivity contribution in [2.24, 2.45) is 0 Å². The number of thiophene rings is 2. The van der Waals surface area contributed by atoms with Gasteiger partial charge in [0, 0.05) is 21.3 Å². The first kappa shape index (κ1) is 18.2. The van der Waals surface area contributed by atoms with E-state index >= 15 is 0 Å². The first-order valence-electron chi connectivity index (χ1n) is 8.49. The second-order valence-electron chi connectivity index (χ2n) is 6.29. The van der Waals surface area contributed by atoms with Crippen molar-refractivity contribution in [2.75, 3.05) is 18.4 Å². The average molecular weight is 414 g/mol. The number of halogens is 1. The van der Waals surface area contributed by atoms with Crippen molar-refractivity contribution in [2.45, 2.75) is 12.5 Å². The molecule has 1 aliphatic heterocycles. The van der Waals surface area contributed by atoms with Crippen LogP contribution in [0.2, 0.25) is 5.02 Å². The number of nitrogens with zero attached hydrogens (tertiary/aromatic N) is 2. The van der Waals surface area contributed by atoms with E-state index in [4.69, 9.17) is 11.6 Å². The molecule has 136 valence electrons. The van der Waals surface area contributed by atoms with Gasteiger partial charge in [0.2, 0.25) is 5.91 Å². The van der Waals surface area contributed by atoms with E-state index < -0.39 is 0 Å². The predicted octanol–water partition coefficient (Wildman–Crippen LogP) is 4.92. The summed E-state index contributed by atoms with van der Waals surface area (Å²) in [6, 6.07) is 13.4. The molecule has 0 bridgehead atoms. The zero-order chi connectivity index (χ0) is 18.8. The maximum absolute atomic E-state index is 12.7. The monoisotopic (exact) mass is 413 g/mol. The minimum absolute atomic E-state index is 0.0977. The van der Waals surface area contributed by atoms with Crippen LogP contribution in [0, 0.1) is 11.3 Å². The van der Waals surface area contributed by atoms with Crippen LogP contribution in [0.25, 0.3) is 0 Å². The Kier molecular flexibility index (Phi) is 5.28. The van der Waals surface area contributed by atoms with Crippen molar-refractivity contribution in [1.29, 1.82) is 5.26 Å². The molecular weight excluding hydrogens is 398 g/mol. The lowest BCUT2D eigenvalue weighted by molar-refractivity contribution is -0.117. The summed E-state index contributed by atoms with van der Waals surface area (Å²) in [5, 5.41) is 16.8. The van der Waals surface area contributed by atoms with Crippen molar-refractivity contribution in [3.05, 3.63) is 73.1 Å². The van der Waals surface area contributed by atoms with E-state index in [0.717, 1.165) is 13.0 Å². The second-order valence-corrected chi connectivity index (χ2v) is 8.70. The zero-order valence-electron chi connectivity index (χ0n) is 14.3. The fraction of sp³-hybridized carbons (Fsp3) is 0.200. The lowest BCUT2D eigenvalue weighted by atomic mass is 9.98. The van der Waals surface area contributed by atoms with Crippen molar-refractivity contribution in [1.82, 2.24) is 4.90 Å². The predicted molar refractivity (Wildman–Crippen MR) is 111 cm³/mol. The standard InChI is InChI=1S/C20H16ClN3OS2/c21-14-4-3-13(11-22)16(10-14)23-19(25)12-24-7-5-17-15(6-9-27-17)20(24)18-2-1-8-26-18/h1-4,6,8-10,20H,5,7,12H2,(H,23,25). The molecule has 2 aromatic heterocycles. The highest BCUT2D eigenvalue weighted by Gasteiger charge is 2.31. The number of nitrogens with one attached hydrogen (secondary N) is 1.